The number of benzene rings is 1. The molecule has 0 bridgehead atoms. The fraction of sp³-hybridized carbons (Fsp3) is 0.273. The summed E-state index contributed by atoms with van der Waals surface area (Å²) in [5, 5.41) is 13.5. The molecule has 1 aromatic carbocycles. The fourth-order valence-corrected chi connectivity index (χ4v) is 1.76. The quantitative estimate of drug-likeness (QED) is 0.900. The number of nitrogens with zero attached hydrogens (tertiary/aromatic N) is 2. The van der Waals surface area contributed by atoms with E-state index in [4.69, 9.17) is 9.26 Å². The number of aromatic hydroxyl groups is 1. The first-order valence-electron chi connectivity index (χ1n) is 4.93. The van der Waals surface area contributed by atoms with Crippen LogP contribution in [0.5, 0.6) is 11.5 Å². The van der Waals surface area contributed by atoms with Crippen LogP contribution in [0, 0.1) is 0 Å². The van der Waals surface area contributed by atoms with Crippen LogP contribution in [-0.2, 0) is 5.75 Å². The number of methoxy groups -OCH3 is 1. The van der Waals surface area contributed by atoms with Crippen molar-refractivity contribution < 1.29 is 14.4 Å². The molecule has 1 heterocycles. The predicted molar refractivity (Wildman–Crippen MR) is 65.2 cm³/mol. The van der Waals surface area contributed by atoms with Gasteiger partial charge in [-0.2, -0.15) is 16.7 Å². The van der Waals surface area contributed by atoms with Gasteiger partial charge in [0.25, 0.3) is 5.89 Å². The van der Waals surface area contributed by atoms with E-state index in [-0.39, 0.29) is 5.75 Å². The van der Waals surface area contributed by atoms with Crippen molar-refractivity contribution in [2.45, 2.75) is 5.75 Å². The van der Waals surface area contributed by atoms with Crippen molar-refractivity contribution in [3.63, 3.8) is 0 Å². The zero-order valence-electron chi connectivity index (χ0n) is 9.51. The Labute approximate surface area is 103 Å². The summed E-state index contributed by atoms with van der Waals surface area (Å²) in [6.07, 6.45) is 1.97. The fourth-order valence-electron chi connectivity index (χ4n) is 1.38. The molecule has 0 amide bonds. The lowest BCUT2D eigenvalue weighted by Crippen LogP contribution is -1.85. The van der Waals surface area contributed by atoms with Crippen LogP contribution in [0.15, 0.2) is 22.7 Å². The van der Waals surface area contributed by atoms with Gasteiger partial charge in [-0.25, -0.2) is 0 Å². The summed E-state index contributed by atoms with van der Waals surface area (Å²) in [5.74, 6) is 2.20. The maximum atomic E-state index is 9.64. The summed E-state index contributed by atoms with van der Waals surface area (Å²) >= 11 is 1.62. The minimum atomic E-state index is 0.0506. The van der Waals surface area contributed by atoms with Gasteiger partial charge in [0.1, 0.15) is 0 Å². The van der Waals surface area contributed by atoms with Gasteiger partial charge >= 0.3 is 0 Å². The molecule has 0 unspecified atom stereocenters. The molecule has 2 rings (SSSR count). The third-order valence-electron chi connectivity index (χ3n) is 2.17. The molecule has 0 atom stereocenters. The highest BCUT2D eigenvalue weighted by atomic mass is 32.2. The van der Waals surface area contributed by atoms with Crippen LogP contribution < -0.4 is 4.74 Å². The molecule has 0 saturated heterocycles. The molecular formula is C11H12N2O3S. The van der Waals surface area contributed by atoms with E-state index >= 15 is 0 Å². The first-order valence-corrected chi connectivity index (χ1v) is 6.33. The summed E-state index contributed by atoms with van der Waals surface area (Å²) in [4.78, 5) is 4.22. The van der Waals surface area contributed by atoms with Gasteiger partial charge in [-0.3, -0.25) is 0 Å². The number of hydrogen-bond acceptors (Lipinski definition) is 6. The zero-order valence-corrected chi connectivity index (χ0v) is 10.3. The first kappa shape index (κ1) is 11.8. The van der Waals surface area contributed by atoms with Gasteiger partial charge in [0.15, 0.2) is 17.3 Å². The van der Waals surface area contributed by atoms with E-state index in [1.54, 1.807) is 23.9 Å². The van der Waals surface area contributed by atoms with Gasteiger partial charge in [-0.1, -0.05) is 5.16 Å². The van der Waals surface area contributed by atoms with Crippen molar-refractivity contribution in [2.75, 3.05) is 13.4 Å². The van der Waals surface area contributed by atoms with Crippen molar-refractivity contribution >= 4 is 11.8 Å². The Morgan fingerprint density at radius 3 is 2.94 bits per heavy atom. The Hall–Kier alpha value is -1.69. The summed E-state index contributed by atoms with van der Waals surface area (Å²) in [6, 6.07) is 4.95. The average molecular weight is 252 g/mol. The van der Waals surface area contributed by atoms with E-state index in [2.05, 4.69) is 10.1 Å². The predicted octanol–water partition coefficient (Wildman–Crippen LogP) is 2.31. The van der Waals surface area contributed by atoms with Crippen LogP contribution in [0.3, 0.4) is 0 Å². The van der Waals surface area contributed by atoms with Crippen LogP contribution >= 0.6 is 11.8 Å². The smallest absolute Gasteiger partial charge is 0.258 e. The second-order valence-corrected chi connectivity index (χ2v) is 4.20. The number of phenolic OH excluding ortho intramolecular Hbond substituents is 1. The van der Waals surface area contributed by atoms with E-state index in [9.17, 15) is 5.11 Å². The monoisotopic (exact) mass is 252 g/mol. The molecule has 1 N–H and O–H groups in total. The van der Waals surface area contributed by atoms with Crippen molar-refractivity contribution in [3.8, 4) is 23.0 Å². The van der Waals surface area contributed by atoms with Crippen LogP contribution in [0.2, 0.25) is 0 Å². The van der Waals surface area contributed by atoms with Gasteiger partial charge in [-0.05, 0) is 24.5 Å². The molecule has 0 aliphatic rings. The highest BCUT2D eigenvalue weighted by Gasteiger charge is 2.11. The third kappa shape index (κ3) is 2.52. The molecule has 0 aliphatic heterocycles. The van der Waals surface area contributed by atoms with Crippen LogP contribution in [-0.4, -0.2) is 28.6 Å². The van der Waals surface area contributed by atoms with Crippen molar-refractivity contribution in [1.82, 2.24) is 10.1 Å². The van der Waals surface area contributed by atoms with E-state index in [0.717, 1.165) is 0 Å². The number of ether oxygens (including phenoxy) is 1. The molecule has 90 valence electrons. The van der Waals surface area contributed by atoms with Gasteiger partial charge in [0, 0.05) is 5.56 Å². The Morgan fingerprint density at radius 1 is 1.47 bits per heavy atom. The molecule has 17 heavy (non-hydrogen) atoms. The molecule has 0 spiro atoms. The molecule has 1 aromatic heterocycles. The van der Waals surface area contributed by atoms with E-state index < -0.39 is 0 Å². The molecule has 0 aliphatic carbocycles. The van der Waals surface area contributed by atoms with Crippen molar-refractivity contribution in [2.24, 2.45) is 0 Å². The van der Waals surface area contributed by atoms with E-state index in [0.29, 0.717) is 28.8 Å². The molecule has 2 aromatic rings. The number of hydrogen-bond donors (Lipinski definition) is 1. The van der Waals surface area contributed by atoms with Gasteiger partial charge in [0.05, 0.1) is 12.9 Å². The lowest BCUT2D eigenvalue weighted by Gasteiger charge is -2.03. The summed E-state index contributed by atoms with van der Waals surface area (Å²) in [5.41, 5.74) is 0.670. The highest BCUT2D eigenvalue weighted by Crippen LogP contribution is 2.30. The van der Waals surface area contributed by atoms with E-state index in [1.165, 1.54) is 13.2 Å². The normalized spacial score (nSPS) is 10.5. The molecule has 0 radical (unpaired) electrons. The van der Waals surface area contributed by atoms with Gasteiger partial charge < -0.3 is 14.4 Å². The van der Waals surface area contributed by atoms with Crippen LogP contribution in [0.1, 0.15) is 5.82 Å². The van der Waals surface area contributed by atoms with Crippen LogP contribution in [0.25, 0.3) is 11.5 Å². The lowest BCUT2D eigenvalue weighted by atomic mass is 10.2. The third-order valence-corrected chi connectivity index (χ3v) is 2.71. The molecule has 0 saturated carbocycles. The first-order chi connectivity index (χ1) is 8.24. The number of aromatic nitrogens is 2. The number of phenols is 1. The van der Waals surface area contributed by atoms with Gasteiger partial charge in [0.2, 0.25) is 0 Å². The molecular weight excluding hydrogens is 240 g/mol. The second kappa shape index (κ2) is 5.09. The Morgan fingerprint density at radius 2 is 2.29 bits per heavy atom. The number of rotatable bonds is 4. The average Bonchev–Trinajstić information content (AvgIpc) is 2.78. The minimum absolute atomic E-state index is 0.0506. The minimum Gasteiger partial charge on any atom is -0.504 e. The zero-order chi connectivity index (χ0) is 12.3. The summed E-state index contributed by atoms with van der Waals surface area (Å²) in [7, 11) is 1.50. The van der Waals surface area contributed by atoms with Crippen molar-refractivity contribution in [3.05, 3.63) is 24.0 Å². The van der Waals surface area contributed by atoms with E-state index in [1.807, 2.05) is 6.26 Å². The molecule has 6 heteroatoms. The maximum Gasteiger partial charge on any atom is 0.258 e. The second-order valence-electron chi connectivity index (χ2n) is 3.34. The molecule has 5 nitrogen and oxygen atoms in total. The SMILES string of the molecule is COc1ccc(-c2nc(CSC)no2)cc1O. The Kier molecular flexibility index (Phi) is 3.53. The molecule has 0 fully saturated rings. The Bertz CT molecular complexity index is 513. The maximum absolute atomic E-state index is 9.64. The highest BCUT2D eigenvalue weighted by molar-refractivity contribution is 7.97. The topological polar surface area (TPSA) is 68.4 Å². The summed E-state index contributed by atoms with van der Waals surface area (Å²) < 4.78 is 10.1. The lowest BCUT2D eigenvalue weighted by molar-refractivity contribution is 0.373. The van der Waals surface area contributed by atoms with Crippen LogP contribution in [0.4, 0.5) is 0 Å². The van der Waals surface area contributed by atoms with Gasteiger partial charge in [-0.15, -0.1) is 0 Å². The Balaban J connectivity index is 2.29. The largest absolute Gasteiger partial charge is 0.504 e. The standard InChI is InChI=1S/C11H12N2O3S/c1-15-9-4-3-7(5-8(9)14)11-12-10(6-17-2)13-16-11/h3-5,14H,6H2,1-2H3. The summed E-state index contributed by atoms with van der Waals surface area (Å²) in [6.45, 7) is 0. The van der Waals surface area contributed by atoms with Crippen molar-refractivity contribution in [1.29, 1.82) is 0 Å². The number of thioether (sulfide) groups is 1.